The van der Waals surface area contributed by atoms with Crippen molar-refractivity contribution < 1.29 is 4.39 Å². The minimum Gasteiger partial charge on any atom is -0.383 e. The molecular formula is C27H28FN9O. The highest BCUT2D eigenvalue weighted by Crippen LogP contribution is 2.36. The van der Waals surface area contributed by atoms with Crippen molar-refractivity contribution in [3.63, 3.8) is 0 Å². The monoisotopic (exact) mass is 513 g/mol. The smallest absolute Gasteiger partial charge is 0.261 e. The average Bonchev–Trinajstić information content (AvgIpc) is 3.82. The third-order valence-corrected chi connectivity index (χ3v) is 7.63. The first-order valence-electron chi connectivity index (χ1n) is 13.2. The molecule has 4 aromatic heterocycles. The van der Waals surface area contributed by atoms with Crippen molar-refractivity contribution in [1.29, 1.82) is 0 Å². The van der Waals surface area contributed by atoms with Crippen LogP contribution in [0, 0.1) is 17.7 Å². The molecule has 1 aromatic carbocycles. The van der Waals surface area contributed by atoms with Crippen LogP contribution in [0.15, 0.2) is 41.7 Å². The maximum absolute atomic E-state index is 14.0. The number of rotatable bonds is 8. The highest BCUT2D eigenvalue weighted by molar-refractivity contribution is 5.98. The molecule has 4 heterocycles. The van der Waals surface area contributed by atoms with E-state index in [9.17, 15) is 9.18 Å². The third-order valence-electron chi connectivity index (χ3n) is 7.63. The number of nitrogens with zero attached hydrogens (tertiary/aromatic N) is 8. The van der Waals surface area contributed by atoms with Crippen LogP contribution >= 0.6 is 0 Å². The Morgan fingerprint density at radius 2 is 1.92 bits per heavy atom. The van der Waals surface area contributed by atoms with E-state index in [0.29, 0.717) is 58.7 Å². The molecule has 2 aliphatic carbocycles. The van der Waals surface area contributed by atoms with E-state index in [1.807, 2.05) is 22.5 Å². The highest BCUT2D eigenvalue weighted by Gasteiger charge is 2.30. The summed E-state index contributed by atoms with van der Waals surface area (Å²) in [5.74, 6) is 1.56. The van der Waals surface area contributed by atoms with Crippen LogP contribution < -0.4 is 11.3 Å². The summed E-state index contributed by atoms with van der Waals surface area (Å²) in [7, 11) is 0. The van der Waals surface area contributed by atoms with Gasteiger partial charge in [0.1, 0.15) is 35.5 Å². The second kappa shape index (κ2) is 8.71. The summed E-state index contributed by atoms with van der Waals surface area (Å²) in [4.78, 5) is 27.3. The molecule has 0 radical (unpaired) electrons. The van der Waals surface area contributed by atoms with E-state index < -0.39 is 11.9 Å². The molecule has 0 unspecified atom stereocenters. The summed E-state index contributed by atoms with van der Waals surface area (Å²) < 4.78 is 19.5. The Balaban J connectivity index is 1.41. The van der Waals surface area contributed by atoms with E-state index >= 15 is 0 Å². The van der Waals surface area contributed by atoms with Gasteiger partial charge in [-0.2, -0.15) is 10.2 Å². The van der Waals surface area contributed by atoms with E-state index in [2.05, 4.69) is 15.1 Å². The van der Waals surface area contributed by atoms with Crippen LogP contribution in [0.4, 0.5) is 10.2 Å². The zero-order valence-corrected chi connectivity index (χ0v) is 21.1. The zero-order valence-electron chi connectivity index (χ0n) is 21.1. The molecule has 0 bridgehead atoms. The van der Waals surface area contributed by atoms with Crippen LogP contribution in [0.2, 0.25) is 0 Å². The van der Waals surface area contributed by atoms with E-state index in [0.717, 1.165) is 24.9 Å². The Hall–Kier alpha value is -4.15. The maximum Gasteiger partial charge on any atom is 0.261 e. The van der Waals surface area contributed by atoms with Crippen LogP contribution in [0.3, 0.4) is 0 Å². The lowest BCUT2D eigenvalue weighted by Crippen LogP contribution is -2.30. The van der Waals surface area contributed by atoms with Crippen molar-refractivity contribution in [3.05, 3.63) is 58.9 Å². The van der Waals surface area contributed by atoms with Crippen LogP contribution in [-0.4, -0.2) is 39.1 Å². The Labute approximate surface area is 217 Å². The summed E-state index contributed by atoms with van der Waals surface area (Å²) in [5, 5.41) is 10.5. The molecule has 11 heteroatoms. The fraction of sp³-hybridized carbons (Fsp3) is 0.407. The number of nitrogens with two attached hydrogens (primary N) is 1. The fourth-order valence-corrected chi connectivity index (χ4v) is 5.23. The van der Waals surface area contributed by atoms with Crippen LogP contribution in [0.1, 0.15) is 50.9 Å². The summed E-state index contributed by atoms with van der Waals surface area (Å²) >= 11 is 0. The fourth-order valence-electron chi connectivity index (χ4n) is 5.23. The average molecular weight is 514 g/mol. The standard InChI is InChI=1S/C27H28FN9O/c1-2-21(25-33-20-8-7-18(28)9-19(20)27(38)36(25)12-16-5-6-16)37-26-22(24(29)30-14-31-26)23(34-37)17-10-32-35(13-17)11-15-3-4-15/h7-10,13-16,21H,2-6,11-12H2,1H3,(H2,29,30,31)/t21-/m0/s1. The quantitative estimate of drug-likeness (QED) is 0.333. The number of aromatic nitrogens is 8. The molecule has 38 heavy (non-hydrogen) atoms. The van der Waals surface area contributed by atoms with Gasteiger partial charge in [0.25, 0.3) is 5.56 Å². The number of hydrogen-bond donors (Lipinski definition) is 1. The number of benzene rings is 1. The number of halogens is 1. The first kappa shape index (κ1) is 23.0. The first-order chi connectivity index (χ1) is 18.5. The van der Waals surface area contributed by atoms with Gasteiger partial charge < -0.3 is 5.73 Å². The molecule has 1 atom stereocenters. The van der Waals surface area contributed by atoms with Gasteiger partial charge in [0.15, 0.2) is 5.65 Å². The molecule has 0 aliphatic heterocycles. The molecule has 7 rings (SSSR count). The van der Waals surface area contributed by atoms with Gasteiger partial charge in [-0.25, -0.2) is 24.0 Å². The van der Waals surface area contributed by atoms with Gasteiger partial charge in [0, 0.05) is 24.8 Å². The molecule has 194 valence electrons. The first-order valence-corrected chi connectivity index (χ1v) is 13.2. The van der Waals surface area contributed by atoms with E-state index in [1.54, 1.807) is 16.8 Å². The van der Waals surface area contributed by atoms with Gasteiger partial charge in [-0.05, 0) is 62.1 Å². The molecule has 0 saturated heterocycles. The molecule has 5 aromatic rings. The lowest BCUT2D eigenvalue weighted by atomic mass is 10.1. The predicted octanol–water partition coefficient (Wildman–Crippen LogP) is 3.94. The van der Waals surface area contributed by atoms with Gasteiger partial charge in [-0.15, -0.1) is 0 Å². The van der Waals surface area contributed by atoms with Gasteiger partial charge in [0.2, 0.25) is 0 Å². The van der Waals surface area contributed by atoms with Crippen molar-refractivity contribution in [2.45, 2.75) is 58.2 Å². The van der Waals surface area contributed by atoms with Gasteiger partial charge >= 0.3 is 0 Å². The van der Waals surface area contributed by atoms with Crippen molar-refractivity contribution in [3.8, 4) is 11.3 Å². The Kier molecular flexibility index (Phi) is 5.27. The third kappa shape index (κ3) is 3.93. The molecule has 0 amide bonds. The Morgan fingerprint density at radius 1 is 1.13 bits per heavy atom. The molecule has 10 nitrogen and oxygen atoms in total. The number of nitrogen functional groups attached to an aromatic ring is 1. The lowest BCUT2D eigenvalue weighted by molar-refractivity contribution is 0.449. The zero-order chi connectivity index (χ0) is 26.0. The van der Waals surface area contributed by atoms with Crippen LogP contribution in [0.25, 0.3) is 33.2 Å². The number of fused-ring (bicyclic) bond motifs is 2. The van der Waals surface area contributed by atoms with E-state index in [4.69, 9.17) is 15.8 Å². The highest BCUT2D eigenvalue weighted by atomic mass is 19.1. The largest absolute Gasteiger partial charge is 0.383 e. The Bertz CT molecular complexity index is 1750. The van der Waals surface area contributed by atoms with Crippen LogP contribution in [-0.2, 0) is 13.1 Å². The summed E-state index contributed by atoms with van der Waals surface area (Å²) in [6, 6.07) is 3.76. The molecule has 2 fully saturated rings. The van der Waals surface area contributed by atoms with Crippen molar-refractivity contribution >= 4 is 27.8 Å². The predicted molar refractivity (Wildman–Crippen MR) is 141 cm³/mol. The second-order valence-corrected chi connectivity index (χ2v) is 10.6. The normalized spacial score (nSPS) is 16.5. The molecule has 2 N–H and O–H groups in total. The second-order valence-electron chi connectivity index (χ2n) is 10.6. The van der Waals surface area contributed by atoms with Crippen molar-refractivity contribution in [2.75, 3.05) is 5.73 Å². The minimum atomic E-state index is -0.453. The van der Waals surface area contributed by atoms with Crippen LogP contribution in [0.5, 0.6) is 0 Å². The van der Waals surface area contributed by atoms with Gasteiger partial charge in [-0.1, -0.05) is 6.92 Å². The van der Waals surface area contributed by atoms with Gasteiger partial charge in [0.05, 0.1) is 22.5 Å². The molecule has 2 saturated carbocycles. The van der Waals surface area contributed by atoms with Crippen molar-refractivity contribution in [2.24, 2.45) is 11.8 Å². The number of hydrogen-bond acceptors (Lipinski definition) is 7. The minimum absolute atomic E-state index is 0.234. The SMILES string of the molecule is CC[C@@H](c1nc2ccc(F)cc2c(=O)n1CC1CC1)n1nc(-c2cnn(CC3CC3)c2)c2c(N)ncnc21. The van der Waals surface area contributed by atoms with E-state index in [1.165, 1.54) is 31.3 Å². The topological polar surface area (TPSA) is 122 Å². The molecule has 2 aliphatic rings. The maximum atomic E-state index is 14.0. The molecule has 0 spiro atoms. The summed E-state index contributed by atoms with van der Waals surface area (Å²) in [6.45, 7) is 3.46. The lowest BCUT2D eigenvalue weighted by Gasteiger charge is -2.21. The van der Waals surface area contributed by atoms with E-state index in [-0.39, 0.29) is 10.9 Å². The summed E-state index contributed by atoms with van der Waals surface area (Å²) in [6.07, 6.45) is 10.4. The Morgan fingerprint density at radius 3 is 2.68 bits per heavy atom. The summed E-state index contributed by atoms with van der Waals surface area (Å²) in [5.41, 5.74) is 8.65. The number of anilines is 1. The molecular weight excluding hydrogens is 485 g/mol. The van der Waals surface area contributed by atoms with Crippen molar-refractivity contribution in [1.82, 2.24) is 39.1 Å². The van der Waals surface area contributed by atoms with Gasteiger partial charge in [-0.3, -0.25) is 14.0 Å².